The molecule has 1 heterocycles. The molecule has 76 valence electrons. The van der Waals surface area contributed by atoms with Crippen LogP contribution in [0, 0.1) is 5.92 Å². The highest BCUT2D eigenvalue weighted by atomic mass is 16.6. The second kappa shape index (κ2) is 3.95. The smallest absolute Gasteiger partial charge is 0.145 e. The summed E-state index contributed by atoms with van der Waals surface area (Å²) in [6.07, 6.45) is 6.82. The molecule has 0 spiro atoms. The number of epoxide rings is 1. The van der Waals surface area contributed by atoms with Crippen molar-refractivity contribution in [3.05, 3.63) is 0 Å². The molecule has 2 aliphatic rings. The first kappa shape index (κ1) is 9.44. The lowest BCUT2D eigenvalue weighted by molar-refractivity contribution is 0.141. The van der Waals surface area contributed by atoms with E-state index >= 15 is 0 Å². The zero-order valence-corrected chi connectivity index (χ0v) is 8.22. The molecular weight excluding hydrogens is 164 g/mol. The fraction of sp³-hybridized carbons (Fsp3) is 1.00. The van der Waals surface area contributed by atoms with Crippen LogP contribution in [0.1, 0.15) is 32.1 Å². The third kappa shape index (κ3) is 2.03. The van der Waals surface area contributed by atoms with Crippen molar-refractivity contribution in [3.63, 3.8) is 0 Å². The zero-order chi connectivity index (χ0) is 9.15. The molecule has 0 aromatic rings. The Hall–Kier alpha value is -0.120. The molecule has 1 atom stereocenters. The van der Waals surface area contributed by atoms with Gasteiger partial charge in [0, 0.05) is 19.0 Å². The summed E-state index contributed by atoms with van der Waals surface area (Å²) in [5.41, 5.74) is 5.52. The van der Waals surface area contributed by atoms with Gasteiger partial charge in [0.15, 0.2) is 0 Å². The lowest BCUT2D eigenvalue weighted by Crippen LogP contribution is -2.43. The van der Waals surface area contributed by atoms with E-state index in [2.05, 4.69) is 5.32 Å². The molecule has 0 aromatic heterocycles. The molecule has 3 N–H and O–H groups in total. The van der Waals surface area contributed by atoms with Crippen molar-refractivity contribution in [2.24, 2.45) is 11.7 Å². The normalized spacial score (nSPS) is 34.8. The van der Waals surface area contributed by atoms with Crippen LogP contribution < -0.4 is 11.1 Å². The fourth-order valence-electron chi connectivity index (χ4n) is 2.41. The van der Waals surface area contributed by atoms with Crippen molar-refractivity contribution in [2.75, 3.05) is 19.7 Å². The van der Waals surface area contributed by atoms with E-state index < -0.39 is 0 Å². The molecule has 0 amide bonds. The first-order valence-corrected chi connectivity index (χ1v) is 5.46. The summed E-state index contributed by atoms with van der Waals surface area (Å²) in [4.78, 5) is 0. The van der Waals surface area contributed by atoms with Crippen molar-refractivity contribution in [1.82, 2.24) is 5.32 Å². The van der Waals surface area contributed by atoms with Gasteiger partial charge in [-0.15, -0.1) is 0 Å². The van der Waals surface area contributed by atoms with Gasteiger partial charge in [-0.2, -0.15) is 0 Å². The maximum atomic E-state index is 5.57. The summed E-state index contributed by atoms with van der Waals surface area (Å²) in [5.74, 6) is 0.743. The van der Waals surface area contributed by atoms with E-state index in [0.29, 0.717) is 6.54 Å². The first-order valence-electron chi connectivity index (χ1n) is 5.46. The molecule has 1 saturated heterocycles. The predicted octanol–water partition coefficient (Wildman–Crippen LogP) is 0.841. The van der Waals surface area contributed by atoms with Gasteiger partial charge in [0.1, 0.15) is 5.72 Å². The Morgan fingerprint density at radius 3 is 2.54 bits per heavy atom. The summed E-state index contributed by atoms with van der Waals surface area (Å²) in [6, 6.07) is 0. The van der Waals surface area contributed by atoms with Crippen molar-refractivity contribution in [1.29, 1.82) is 0 Å². The highest BCUT2D eigenvalue weighted by Gasteiger charge is 2.50. The van der Waals surface area contributed by atoms with E-state index in [1.54, 1.807) is 0 Å². The summed E-state index contributed by atoms with van der Waals surface area (Å²) < 4.78 is 5.57. The molecule has 13 heavy (non-hydrogen) atoms. The molecular formula is C10H20N2O. The Morgan fingerprint density at radius 2 is 2.00 bits per heavy atom. The summed E-state index contributed by atoms with van der Waals surface area (Å²) in [6.45, 7) is 2.49. The van der Waals surface area contributed by atoms with E-state index in [4.69, 9.17) is 10.5 Å². The fourth-order valence-corrected chi connectivity index (χ4v) is 2.41. The Kier molecular flexibility index (Phi) is 2.86. The maximum Gasteiger partial charge on any atom is 0.145 e. The lowest BCUT2D eigenvalue weighted by atomic mass is 9.84. The monoisotopic (exact) mass is 184 g/mol. The van der Waals surface area contributed by atoms with E-state index in [1.807, 2.05) is 0 Å². The van der Waals surface area contributed by atoms with Crippen LogP contribution in [0.15, 0.2) is 0 Å². The summed E-state index contributed by atoms with van der Waals surface area (Å²) in [7, 11) is 0. The third-order valence-electron chi connectivity index (χ3n) is 3.29. The average Bonchev–Trinajstić information content (AvgIpc) is 2.97. The molecule has 1 aliphatic heterocycles. The van der Waals surface area contributed by atoms with Gasteiger partial charge >= 0.3 is 0 Å². The van der Waals surface area contributed by atoms with E-state index in [-0.39, 0.29) is 5.72 Å². The topological polar surface area (TPSA) is 50.6 Å². The van der Waals surface area contributed by atoms with E-state index in [1.165, 1.54) is 32.1 Å². The second-order valence-electron chi connectivity index (χ2n) is 4.23. The quantitative estimate of drug-likeness (QED) is 0.637. The van der Waals surface area contributed by atoms with Crippen LogP contribution in [-0.4, -0.2) is 25.4 Å². The third-order valence-corrected chi connectivity index (χ3v) is 3.29. The molecule has 2 fully saturated rings. The van der Waals surface area contributed by atoms with Crippen LogP contribution in [0.3, 0.4) is 0 Å². The van der Waals surface area contributed by atoms with E-state index in [9.17, 15) is 0 Å². The van der Waals surface area contributed by atoms with Crippen molar-refractivity contribution in [3.8, 4) is 0 Å². The van der Waals surface area contributed by atoms with Crippen molar-refractivity contribution >= 4 is 0 Å². The Bertz CT molecular complexity index is 162. The van der Waals surface area contributed by atoms with Crippen LogP contribution in [0.2, 0.25) is 0 Å². The molecule has 0 radical (unpaired) electrons. The van der Waals surface area contributed by atoms with Gasteiger partial charge in [0.05, 0.1) is 6.61 Å². The number of nitrogens with two attached hydrogens (primary N) is 1. The van der Waals surface area contributed by atoms with Gasteiger partial charge in [0.2, 0.25) is 0 Å². The highest BCUT2D eigenvalue weighted by molar-refractivity contribution is 4.96. The van der Waals surface area contributed by atoms with Crippen molar-refractivity contribution in [2.45, 2.75) is 37.8 Å². The number of hydrogen-bond acceptors (Lipinski definition) is 3. The van der Waals surface area contributed by atoms with Gasteiger partial charge in [-0.25, -0.2) is 0 Å². The number of rotatable bonds is 4. The van der Waals surface area contributed by atoms with Crippen LogP contribution in [0.4, 0.5) is 0 Å². The SMILES string of the molecule is NCCNC1(C2CCCCC2)CO1. The standard InChI is InChI=1S/C10H20N2O/c11-6-7-12-10(8-13-10)9-4-2-1-3-5-9/h9,12H,1-8,11H2. The molecule has 1 unspecified atom stereocenters. The Labute approximate surface area is 80.0 Å². The van der Waals surface area contributed by atoms with Gasteiger partial charge in [0.25, 0.3) is 0 Å². The minimum Gasteiger partial charge on any atom is -0.353 e. The number of hydrogen-bond donors (Lipinski definition) is 2. The van der Waals surface area contributed by atoms with Gasteiger partial charge in [-0.1, -0.05) is 19.3 Å². The molecule has 3 nitrogen and oxygen atoms in total. The van der Waals surface area contributed by atoms with Gasteiger partial charge in [-0.05, 0) is 12.8 Å². The number of nitrogens with one attached hydrogen (secondary N) is 1. The average molecular weight is 184 g/mol. The molecule has 3 heteroatoms. The first-order chi connectivity index (χ1) is 6.37. The molecule has 0 aromatic carbocycles. The highest BCUT2D eigenvalue weighted by Crippen LogP contribution is 2.40. The van der Waals surface area contributed by atoms with E-state index in [0.717, 1.165) is 19.1 Å². The maximum absolute atomic E-state index is 5.57. The summed E-state index contributed by atoms with van der Waals surface area (Å²) in [5, 5.41) is 3.44. The Balaban J connectivity index is 1.82. The van der Waals surface area contributed by atoms with Gasteiger partial charge in [-0.3, -0.25) is 5.32 Å². The van der Waals surface area contributed by atoms with Crippen molar-refractivity contribution < 1.29 is 4.74 Å². The minimum atomic E-state index is 0.0415. The second-order valence-corrected chi connectivity index (χ2v) is 4.23. The van der Waals surface area contributed by atoms with Crippen LogP contribution in [0.25, 0.3) is 0 Å². The predicted molar refractivity (Wildman–Crippen MR) is 52.3 cm³/mol. The lowest BCUT2D eigenvalue weighted by Gasteiger charge is -2.28. The van der Waals surface area contributed by atoms with Crippen LogP contribution >= 0.6 is 0 Å². The zero-order valence-electron chi connectivity index (χ0n) is 8.22. The minimum absolute atomic E-state index is 0.0415. The summed E-state index contributed by atoms with van der Waals surface area (Å²) >= 11 is 0. The molecule has 0 bridgehead atoms. The van der Waals surface area contributed by atoms with Crippen LogP contribution in [0.5, 0.6) is 0 Å². The number of ether oxygens (including phenoxy) is 1. The molecule has 2 rings (SSSR count). The van der Waals surface area contributed by atoms with Crippen LogP contribution in [-0.2, 0) is 4.74 Å². The molecule has 1 saturated carbocycles. The van der Waals surface area contributed by atoms with Gasteiger partial charge < -0.3 is 10.5 Å². The Morgan fingerprint density at radius 1 is 1.31 bits per heavy atom. The molecule has 1 aliphatic carbocycles. The largest absolute Gasteiger partial charge is 0.353 e.